The maximum atomic E-state index is 2.44. The van der Waals surface area contributed by atoms with E-state index < -0.39 is 0 Å². The summed E-state index contributed by atoms with van der Waals surface area (Å²) in [5.74, 6) is 0.719. The van der Waals surface area contributed by atoms with Gasteiger partial charge in [-0.3, -0.25) is 0 Å². The normalized spacial score (nSPS) is 13.4. The first-order valence-electron chi connectivity index (χ1n) is 8.52. The van der Waals surface area contributed by atoms with Crippen LogP contribution >= 0.6 is 0 Å². The van der Waals surface area contributed by atoms with Gasteiger partial charge in [0.2, 0.25) is 0 Å². The van der Waals surface area contributed by atoms with Gasteiger partial charge in [-0.25, -0.2) is 0 Å². The lowest BCUT2D eigenvalue weighted by molar-refractivity contribution is 0.638. The van der Waals surface area contributed by atoms with Crippen LogP contribution in [0.25, 0.3) is 28.0 Å². The lowest BCUT2D eigenvalue weighted by Gasteiger charge is -2.11. The van der Waals surface area contributed by atoms with Crippen LogP contribution in [0.3, 0.4) is 0 Å². The van der Waals surface area contributed by atoms with E-state index in [1.807, 2.05) is 0 Å². The molecule has 0 bridgehead atoms. The van der Waals surface area contributed by atoms with Gasteiger partial charge in [-0.1, -0.05) is 86.2 Å². The van der Waals surface area contributed by atoms with Crippen LogP contribution in [-0.2, 0) is 6.42 Å². The third-order valence-electron chi connectivity index (χ3n) is 4.71. The molecule has 0 aromatic heterocycles. The van der Waals surface area contributed by atoms with Crippen molar-refractivity contribution in [1.82, 2.24) is 0 Å². The zero-order valence-electron chi connectivity index (χ0n) is 13.8. The van der Waals surface area contributed by atoms with E-state index >= 15 is 0 Å². The van der Waals surface area contributed by atoms with Gasteiger partial charge in [0, 0.05) is 0 Å². The summed E-state index contributed by atoms with van der Waals surface area (Å²) in [4.78, 5) is 0. The Morgan fingerprint density at radius 1 is 0.826 bits per heavy atom. The van der Waals surface area contributed by atoms with Crippen LogP contribution in [0.5, 0.6) is 0 Å². The van der Waals surface area contributed by atoms with Crippen molar-refractivity contribution in [3.05, 3.63) is 77.4 Å². The molecule has 0 heteroatoms. The van der Waals surface area contributed by atoms with Crippen molar-refractivity contribution in [1.29, 1.82) is 0 Å². The molecule has 0 nitrogen and oxygen atoms in total. The van der Waals surface area contributed by atoms with Crippen LogP contribution in [0.15, 0.2) is 66.2 Å². The smallest absolute Gasteiger partial charge is 0.00575 e. The van der Waals surface area contributed by atoms with E-state index in [0.29, 0.717) is 0 Å². The topological polar surface area (TPSA) is 0 Å². The van der Waals surface area contributed by atoms with E-state index in [2.05, 4.69) is 80.6 Å². The third kappa shape index (κ3) is 2.59. The molecule has 1 aliphatic rings. The maximum absolute atomic E-state index is 2.44. The molecule has 3 aromatic rings. The SMILES string of the molecule is CC(C)CC1=Cc2c(cccc2-c2cccc3ccccc23)C1. The molecule has 1 aliphatic carbocycles. The minimum Gasteiger partial charge on any atom is -0.0649 e. The minimum atomic E-state index is 0.719. The Bertz CT molecular complexity index is 892. The molecule has 0 N–H and O–H groups in total. The van der Waals surface area contributed by atoms with Crippen molar-refractivity contribution in [2.75, 3.05) is 0 Å². The summed E-state index contributed by atoms with van der Waals surface area (Å²) in [6, 6.07) is 22.1. The molecule has 3 aromatic carbocycles. The first-order valence-corrected chi connectivity index (χ1v) is 8.52. The molecular formula is C23H22. The monoisotopic (exact) mass is 298 g/mol. The van der Waals surface area contributed by atoms with Crippen LogP contribution in [0, 0.1) is 5.92 Å². The summed E-state index contributed by atoms with van der Waals surface area (Å²) < 4.78 is 0. The predicted molar refractivity (Wildman–Crippen MR) is 101 cm³/mol. The molecule has 0 heterocycles. The summed E-state index contributed by atoms with van der Waals surface area (Å²) >= 11 is 0. The number of fused-ring (bicyclic) bond motifs is 2. The molecule has 0 atom stereocenters. The Morgan fingerprint density at radius 2 is 1.57 bits per heavy atom. The molecule has 23 heavy (non-hydrogen) atoms. The van der Waals surface area contributed by atoms with Crippen LogP contribution in [0.2, 0.25) is 0 Å². The lowest BCUT2D eigenvalue weighted by Crippen LogP contribution is -1.91. The molecule has 4 rings (SSSR count). The second-order valence-corrected chi connectivity index (χ2v) is 6.98. The highest BCUT2D eigenvalue weighted by atomic mass is 14.2. The van der Waals surface area contributed by atoms with Crippen molar-refractivity contribution in [3.8, 4) is 11.1 Å². The average molecular weight is 298 g/mol. The highest BCUT2D eigenvalue weighted by Gasteiger charge is 2.17. The van der Waals surface area contributed by atoms with Crippen LogP contribution in [-0.4, -0.2) is 0 Å². The van der Waals surface area contributed by atoms with Gasteiger partial charge in [-0.15, -0.1) is 0 Å². The van der Waals surface area contributed by atoms with E-state index in [1.54, 1.807) is 5.57 Å². The fourth-order valence-electron chi connectivity index (χ4n) is 3.79. The minimum absolute atomic E-state index is 0.719. The van der Waals surface area contributed by atoms with Crippen molar-refractivity contribution in [2.24, 2.45) is 5.92 Å². The molecule has 0 aliphatic heterocycles. The van der Waals surface area contributed by atoms with Crippen molar-refractivity contribution in [2.45, 2.75) is 26.7 Å². The highest BCUT2D eigenvalue weighted by Crippen LogP contribution is 2.38. The number of hydrogen-bond donors (Lipinski definition) is 0. The summed E-state index contributed by atoms with van der Waals surface area (Å²) in [5, 5.41) is 2.65. The van der Waals surface area contributed by atoms with Crippen molar-refractivity contribution >= 4 is 16.8 Å². The van der Waals surface area contributed by atoms with Crippen molar-refractivity contribution in [3.63, 3.8) is 0 Å². The Balaban J connectivity index is 1.88. The average Bonchev–Trinajstić information content (AvgIpc) is 2.95. The number of allylic oxidation sites excluding steroid dienone is 1. The van der Waals surface area contributed by atoms with E-state index in [0.717, 1.165) is 12.3 Å². The second-order valence-electron chi connectivity index (χ2n) is 6.98. The quantitative estimate of drug-likeness (QED) is 0.518. The molecule has 114 valence electrons. The second kappa shape index (κ2) is 5.70. The van der Waals surface area contributed by atoms with Crippen LogP contribution in [0.4, 0.5) is 0 Å². The molecule has 0 unspecified atom stereocenters. The first-order chi connectivity index (χ1) is 11.2. The van der Waals surface area contributed by atoms with Gasteiger partial charge in [-0.2, -0.15) is 0 Å². The van der Waals surface area contributed by atoms with Gasteiger partial charge in [0.25, 0.3) is 0 Å². The highest BCUT2D eigenvalue weighted by molar-refractivity contribution is 5.99. The van der Waals surface area contributed by atoms with Crippen molar-refractivity contribution < 1.29 is 0 Å². The maximum Gasteiger partial charge on any atom is -0.00575 e. The van der Waals surface area contributed by atoms with Crippen LogP contribution in [0.1, 0.15) is 31.4 Å². The number of hydrogen-bond acceptors (Lipinski definition) is 0. The molecule has 0 fully saturated rings. The Morgan fingerprint density at radius 3 is 2.43 bits per heavy atom. The number of rotatable bonds is 3. The summed E-state index contributed by atoms with van der Waals surface area (Å²) in [5.41, 5.74) is 7.20. The molecule has 0 saturated heterocycles. The van der Waals surface area contributed by atoms with E-state index in [1.165, 1.54) is 39.4 Å². The third-order valence-corrected chi connectivity index (χ3v) is 4.71. The summed E-state index contributed by atoms with van der Waals surface area (Å²) in [6.45, 7) is 4.60. The fourth-order valence-corrected chi connectivity index (χ4v) is 3.79. The predicted octanol–water partition coefficient (Wildman–Crippen LogP) is 6.49. The zero-order valence-corrected chi connectivity index (χ0v) is 13.8. The molecule has 0 radical (unpaired) electrons. The van der Waals surface area contributed by atoms with Gasteiger partial charge in [0.15, 0.2) is 0 Å². The van der Waals surface area contributed by atoms with Gasteiger partial charge < -0.3 is 0 Å². The molecule has 0 saturated carbocycles. The molecular weight excluding hydrogens is 276 g/mol. The van der Waals surface area contributed by atoms with E-state index in [9.17, 15) is 0 Å². The largest absolute Gasteiger partial charge is 0.0649 e. The first kappa shape index (κ1) is 14.3. The molecule has 0 spiro atoms. The Labute approximate surface area is 138 Å². The standard InChI is InChI=1S/C23H22/c1-16(2)13-17-14-19-9-6-12-22(23(19)15-17)21-11-5-8-18-7-3-4-10-20(18)21/h3-12,15-16H,13-14H2,1-2H3. The Hall–Kier alpha value is -2.34. The number of benzene rings is 3. The van der Waals surface area contributed by atoms with Gasteiger partial charge in [0.1, 0.15) is 0 Å². The summed E-state index contributed by atoms with van der Waals surface area (Å²) in [6.07, 6.45) is 4.75. The molecule has 0 amide bonds. The van der Waals surface area contributed by atoms with Gasteiger partial charge in [0.05, 0.1) is 0 Å². The summed E-state index contributed by atoms with van der Waals surface area (Å²) in [7, 11) is 0. The van der Waals surface area contributed by atoms with E-state index in [4.69, 9.17) is 0 Å². The Kier molecular flexibility index (Phi) is 3.53. The zero-order chi connectivity index (χ0) is 15.8. The van der Waals surface area contributed by atoms with Gasteiger partial charge in [-0.05, 0) is 51.8 Å². The van der Waals surface area contributed by atoms with E-state index in [-0.39, 0.29) is 0 Å². The lowest BCUT2D eigenvalue weighted by atomic mass is 9.93. The van der Waals surface area contributed by atoms with Gasteiger partial charge >= 0.3 is 0 Å². The van der Waals surface area contributed by atoms with Crippen LogP contribution < -0.4 is 0 Å². The fraction of sp³-hybridized carbons (Fsp3) is 0.217.